The molecule has 0 saturated carbocycles. The molecule has 2 heterocycles. The number of nitrogens with one attached hydrogen (secondary N) is 1. The van der Waals surface area contributed by atoms with Crippen molar-refractivity contribution in [2.24, 2.45) is 0 Å². The maximum absolute atomic E-state index is 13.5. The minimum atomic E-state index is -1.73. The predicted octanol–water partition coefficient (Wildman–Crippen LogP) is 0.963. The average molecular weight is 263 g/mol. The number of piperazine rings is 1. The summed E-state index contributed by atoms with van der Waals surface area (Å²) < 4.78 is 53.0. The van der Waals surface area contributed by atoms with E-state index in [9.17, 15) is 22.4 Å². The SMILES string of the molecule is CC1C(=O)NCCN1c1c(F)c(F)nc(F)c1F. The summed E-state index contributed by atoms with van der Waals surface area (Å²) >= 11 is 0. The lowest BCUT2D eigenvalue weighted by Gasteiger charge is -2.34. The van der Waals surface area contributed by atoms with Gasteiger partial charge in [-0.1, -0.05) is 0 Å². The number of pyridine rings is 1. The van der Waals surface area contributed by atoms with Gasteiger partial charge in [0.15, 0.2) is 0 Å². The van der Waals surface area contributed by atoms with E-state index in [1.54, 1.807) is 0 Å². The molecule has 1 saturated heterocycles. The van der Waals surface area contributed by atoms with Gasteiger partial charge in [-0.2, -0.15) is 22.5 Å². The van der Waals surface area contributed by atoms with Crippen LogP contribution in [0.1, 0.15) is 6.92 Å². The van der Waals surface area contributed by atoms with Crippen LogP contribution < -0.4 is 10.2 Å². The Bertz CT molecular complexity index is 482. The second kappa shape index (κ2) is 4.43. The molecule has 0 radical (unpaired) electrons. The first kappa shape index (κ1) is 12.6. The molecule has 1 fully saturated rings. The van der Waals surface area contributed by atoms with Crippen molar-refractivity contribution in [2.45, 2.75) is 13.0 Å². The Morgan fingerprint density at radius 3 is 2.33 bits per heavy atom. The van der Waals surface area contributed by atoms with Crippen LogP contribution in [0.4, 0.5) is 23.2 Å². The quantitative estimate of drug-likeness (QED) is 0.606. The first-order valence-electron chi connectivity index (χ1n) is 5.17. The summed E-state index contributed by atoms with van der Waals surface area (Å²) in [5, 5.41) is 2.47. The molecular weight excluding hydrogens is 254 g/mol. The van der Waals surface area contributed by atoms with E-state index in [1.165, 1.54) is 6.92 Å². The van der Waals surface area contributed by atoms with E-state index in [0.717, 1.165) is 4.90 Å². The number of carbonyl (C=O) groups excluding carboxylic acids is 1. The van der Waals surface area contributed by atoms with Gasteiger partial charge in [0.1, 0.15) is 11.7 Å². The number of carbonyl (C=O) groups is 1. The summed E-state index contributed by atoms with van der Waals surface area (Å²) in [5.74, 6) is -7.15. The third-order valence-electron chi connectivity index (χ3n) is 2.76. The Morgan fingerprint density at radius 2 is 1.78 bits per heavy atom. The highest BCUT2D eigenvalue weighted by atomic mass is 19.2. The van der Waals surface area contributed by atoms with Crippen molar-refractivity contribution in [1.82, 2.24) is 10.3 Å². The van der Waals surface area contributed by atoms with Gasteiger partial charge in [-0.15, -0.1) is 0 Å². The van der Waals surface area contributed by atoms with Crippen LogP contribution in [-0.4, -0.2) is 30.0 Å². The Kier molecular flexibility index (Phi) is 3.10. The minimum Gasteiger partial charge on any atom is -0.353 e. The van der Waals surface area contributed by atoms with Crippen LogP contribution in [0.15, 0.2) is 0 Å². The Morgan fingerprint density at radius 1 is 1.22 bits per heavy atom. The van der Waals surface area contributed by atoms with Gasteiger partial charge in [0, 0.05) is 13.1 Å². The normalized spacial score (nSPS) is 19.9. The molecule has 2 rings (SSSR count). The first-order chi connectivity index (χ1) is 8.43. The second-order valence-electron chi connectivity index (χ2n) is 3.83. The Labute approximate surface area is 99.6 Å². The fraction of sp³-hybridized carbons (Fsp3) is 0.400. The number of anilines is 1. The zero-order chi connectivity index (χ0) is 13.4. The van der Waals surface area contributed by atoms with Crippen LogP contribution in [0.25, 0.3) is 0 Å². The number of hydrogen-bond acceptors (Lipinski definition) is 3. The van der Waals surface area contributed by atoms with Crippen LogP contribution in [0.5, 0.6) is 0 Å². The van der Waals surface area contributed by atoms with Crippen molar-refractivity contribution in [3.05, 3.63) is 23.5 Å². The number of nitrogens with zero attached hydrogens (tertiary/aromatic N) is 2. The summed E-state index contributed by atoms with van der Waals surface area (Å²) in [6, 6.07) is -0.927. The van der Waals surface area contributed by atoms with Gasteiger partial charge in [0.2, 0.25) is 17.5 Å². The van der Waals surface area contributed by atoms with Crippen LogP contribution in [0.2, 0.25) is 0 Å². The van der Waals surface area contributed by atoms with Crippen molar-refractivity contribution in [3.63, 3.8) is 0 Å². The highest BCUT2D eigenvalue weighted by Gasteiger charge is 2.32. The Hall–Kier alpha value is -1.86. The fourth-order valence-electron chi connectivity index (χ4n) is 1.82. The van der Waals surface area contributed by atoms with Crippen molar-refractivity contribution in [1.29, 1.82) is 0 Å². The molecule has 1 aromatic rings. The van der Waals surface area contributed by atoms with Gasteiger partial charge in [0.05, 0.1) is 0 Å². The smallest absolute Gasteiger partial charge is 0.253 e. The summed E-state index contributed by atoms with van der Waals surface area (Å²) in [7, 11) is 0. The van der Waals surface area contributed by atoms with E-state index in [1.807, 2.05) is 0 Å². The summed E-state index contributed by atoms with van der Waals surface area (Å²) in [4.78, 5) is 14.8. The topological polar surface area (TPSA) is 45.2 Å². The summed E-state index contributed by atoms with van der Waals surface area (Å²) in [5.41, 5.74) is -0.901. The zero-order valence-electron chi connectivity index (χ0n) is 9.31. The van der Waals surface area contributed by atoms with E-state index in [2.05, 4.69) is 10.3 Å². The minimum absolute atomic E-state index is 0.0453. The largest absolute Gasteiger partial charge is 0.353 e. The molecule has 0 spiro atoms. The fourth-order valence-corrected chi connectivity index (χ4v) is 1.82. The van der Waals surface area contributed by atoms with Gasteiger partial charge in [-0.25, -0.2) is 0 Å². The highest BCUT2D eigenvalue weighted by molar-refractivity contribution is 5.86. The molecule has 98 valence electrons. The zero-order valence-corrected chi connectivity index (χ0v) is 9.31. The number of halogens is 4. The van der Waals surface area contributed by atoms with Crippen molar-refractivity contribution >= 4 is 11.6 Å². The number of aromatic nitrogens is 1. The predicted molar refractivity (Wildman–Crippen MR) is 53.9 cm³/mol. The maximum Gasteiger partial charge on any atom is 0.253 e. The molecule has 4 nitrogen and oxygen atoms in total. The lowest BCUT2D eigenvalue weighted by molar-refractivity contribution is -0.122. The molecule has 1 aliphatic heterocycles. The van der Waals surface area contributed by atoms with Gasteiger partial charge in [0.25, 0.3) is 11.9 Å². The lowest BCUT2D eigenvalue weighted by Crippen LogP contribution is -2.54. The molecule has 1 amide bonds. The van der Waals surface area contributed by atoms with Gasteiger partial charge < -0.3 is 10.2 Å². The average Bonchev–Trinajstić information content (AvgIpc) is 2.32. The molecule has 0 aliphatic carbocycles. The molecule has 1 N–H and O–H groups in total. The van der Waals surface area contributed by atoms with Crippen molar-refractivity contribution in [3.8, 4) is 0 Å². The van der Waals surface area contributed by atoms with E-state index < -0.39 is 41.2 Å². The molecule has 18 heavy (non-hydrogen) atoms. The second-order valence-corrected chi connectivity index (χ2v) is 3.83. The molecule has 1 unspecified atom stereocenters. The summed E-state index contributed by atoms with van der Waals surface area (Å²) in [6.07, 6.45) is 0. The maximum atomic E-state index is 13.5. The molecule has 8 heteroatoms. The summed E-state index contributed by atoms with van der Waals surface area (Å²) in [6.45, 7) is 1.56. The third kappa shape index (κ3) is 1.87. The van der Waals surface area contributed by atoms with Gasteiger partial charge in [-0.05, 0) is 6.92 Å². The highest BCUT2D eigenvalue weighted by Crippen LogP contribution is 2.28. The lowest BCUT2D eigenvalue weighted by atomic mass is 10.1. The van der Waals surface area contributed by atoms with Crippen molar-refractivity contribution < 1.29 is 22.4 Å². The molecule has 0 bridgehead atoms. The number of amides is 1. The van der Waals surface area contributed by atoms with Crippen LogP contribution >= 0.6 is 0 Å². The molecule has 1 aliphatic rings. The van der Waals surface area contributed by atoms with E-state index in [4.69, 9.17) is 0 Å². The van der Waals surface area contributed by atoms with Crippen LogP contribution in [0, 0.1) is 23.5 Å². The number of hydrogen-bond donors (Lipinski definition) is 1. The standard InChI is InChI=1S/C10H9F4N3O/c1-4-10(18)15-2-3-17(4)7-5(11)8(13)16-9(14)6(7)12/h4H,2-3H2,1H3,(H,15,18). The molecule has 1 atom stereocenters. The van der Waals surface area contributed by atoms with Gasteiger partial charge >= 0.3 is 0 Å². The number of rotatable bonds is 1. The Balaban J connectivity index is 2.53. The monoisotopic (exact) mass is 263 g/mol. The molecule has 0 aromatic carbocycles. The van der Waals surface area contributed by atoms with Gasteiger partial charge in [-0.3, -0.25) is 4.79 Å². The molecular formula is C10H9F4N3O. The molecule has 1 aromatic heterocycles. The van der Waals surface area contributed by atoms with E-state index in [0.29, 0.717) is 0 Å². The van der Waals surface area contributed by atoms with Crippen LogP contribution in [0.3, 0.4) is 0 Å². The van der Waals surface area contributed by atoms with E-state index >= 15 is 0 Å². The van der Waals surface area contributed by atoms with Crippen molar-refractivity contribution in [2.75, 3.05) is 18.0 Å². The van der Waals surface area contributed by atoms with E-state index in [-0.39, 0.29) is 13.1 Å². The van der Waals surface area contributed by atoms with Crippen LogP contribution in [-0.2, 0) is 4.79 Å². The third-order valence-corrected chi connectivity index (χ3v) is 2.76. The first-order valence-corrected chi connectivity index (χ1v) is 5.17.